The Balaban J connectivity index is 1.37. The van der Waals surface area contributed by atoms with Crippen LogP contribution in [0.3, 0.4) is 0 Å². The van der Waals surface area contributed by atoms with E-state index in [9.17, 15) is 15.2 Å². The molecule has 1 aromatic heterocycles. The van der Waals surface area contributed by atoms with Crippen molar-refractivity contribution >= 4 is 22.4 Å². The number of aliphatic hydroxyl groups is 1. The van der Waals surface area contributed by atoms with E-state index in [-0.39, 0.29) is 11.2 Å². The highest BCUT2D eigenvalue weighted by atomic mass is 16.5. The highest BCUT2D eigenvalue weighted by Gasteiger charge is 2.48. The molecule has 7 rings (SSSR count). The van der Waals surface area contributed by atoms with Crippen molar-refractivity contribution in [3.8, 4) is 6.07 Å². The van der Waals surface area contributed by atoms with Gasteiger partial charge in [0.2, 0.25) is 0 Å². The number of piperidine rings is 1. The lowest BCUT2D eigenvalue weighted by atomic mass is 9.64. The Bertz CT molecular complexity index is 1520. The van der Waals surface area contributed by atoms with Crippen LogP contribution in [0.2, 0.25) is 0 Å². The van der Waals surface area contributed by atoms with Gasteiger partial charge in [0, 0.05) is 71.2 Å². The standard InChI is InChI=1S/C33H38N4O3/c1-32(2,39)26-18-24-25(19-28(26)37-13-7-22(8-14-37)36-11-3-4-12-36)33(9-15-40-16-10-33)31-29(30(24)38)23-6-5-21(20-34)17-27(23)35-31/h5-6,17-19,22,35,39H,3-4,7-16H2,1-2H3. The third kappa shape index (κ3) is 3.92. The first kappa shape index (κ1) is 25.8. The van der Waals surface area contributed by atoms with Gasteiger partial charge in [0.05, 0.1) is 22.8 Å². The normalized spacial score (nSPS) is 21.6. The monoisotopic (exact) mass is 538 g/mol. The first-order chi connectivity index (χ1) is 19.3. The third-order valence-electron chi connectivity index (χ3n) is 10.00. The fourth-order valence-corrected chi connectivity index (χ4v) is 7.87. The number of rotatable bonds is 3. The van der Waals surface area contributed by atoms with E-state index in [2.05, 4.69) is 26.9 Å². The van der Waals surface area contributed by atoms with E-state index in [4.69, 9.17) is 4.74 Å². The van der Waals surface area contributed by atoms with Crippen LogP contribution in [-0.4, -0.2) is 66.2 Å². The first-order valence-corrected chi connectivity index (χ1v) is 14.9. The quantitative estimate of drug-likeness (QED) is 0.489. The number of nitriles is 1. The van der Waals surface area contributed by atoms with E-state index in [0.29, 0.717) is 35.9 Å². The Morgan fingerprint density at radius 2 is 1.80 bits per heavy atom. The molecule has 3 saturated heterocycles. The summed E-state index contributed by atoms with van der Waals surface area (Å²) in [6, 6.07) is 12.6. The molecule has 7 heteroatoms. The summed E-state index contributed by atoms with van der Waals surface area (Å²) in [5.41, 5.74) is 5.17. The van der Waals surface area contributed by atoms with E-state index in [0.717, 1.165) is 72.2 Å². The topological polar surface area (TPSA) is 92.6 Å². The minimum atomic E-state index is -1.10. The van der Waals surface area contributed by atoms with Crippen LogP contribution in [0.15, 0.2) is 30.3 Å². The van der Waals surface area contributed by atoms with Crippen molar-refractivity contribution in [1.29, 1.82) is 5.26 Å². The number of likely N-dealkylation sites (tertiary alicyclic amines) is 1. The van der Waals surface area contributed by atoms with Gasteiger partial charge in [-0.25, -0.2) is 0 Å². The smallest absolute Gasteiger partial charge is 0.195 e. The zero-order valence-corrected chi connectivity index (χ0v) is 23.6. The molecule has 3 aliphatic heterocycles. The van der Waals surface area contributed by atoms with Crippen LogP contribution in [-0.2, 0) is 15.8 Å². The fraction of sp³-hybridized carbons (Fsp3) is 0.515. The second-order valence-electron chi connectivity index (χ2n) is 12.7. The van der Waals surface area contributed by atoms with E-state index < -0.39 is 5.60 Å². The van der Waals surface area contributed by atoms with Crippen LogP contribution in [0.25, 0.3) is 10.9 Å². The summed E-state index contributed by atoms with van der Waals surface area (Å²) in [5, 5.41) is 21.7. The number of aromatic nitrogens is 1. The van der Waals surface area contributed by atoms with Crippen molar-refractivity contribution in [3.05, 3.63) is 63.8 Å². The predicted octanol–water partition coefficient (Wildman–Crippen LogP) is 4.97. The number of nitrogens with one attached hydrogen (secondary N) is 1. The molecule has 3 fully saturated rings. The molecule has 0 amide bonds. The third-order valence-corrected chi connectivity index (χ3v) is 10.00. The van der Waals surface area contributed by atoms with Gasteiger partial charge in [-0.05, 0) is 95.3 Å². The van der Waals surface area contributed by atoms with Crippen LogP contribution in [0.5, 0.6) is 0 Å². The van der Waals surface area contributed by atoms with Gasteiger partial charge in [0.15, 0.2) is 5.78 Å². The number of hydrogen-bond acceptors (Lipinski definition) is 6. The summed E-state index contributed by atoms with van der Waals surface area (Å²) in [7, 11) is 0. The fourth-order valence-electron chi connectivity index (χ4n) is 7.87. The number of ether oxygens (including phenoxy) is 1. The van der Waals surface area contributed by atoms with Gasteiger partial charge in [-0.2, -0.15) is 5.26 Å². The molecule has 7 nitrogen and oxygen atoms in total. The first-order valence-electron chi connectivity index (χ1n) is 14.9. The van der Waals surface area contributed by atoms with Crippen LogP contribution in [0.4, 0.5) is 5.69 Å². The van der Waals surface area contributed by atoms with Crippen molar-refractivity contribution in [2.75, 3.05) is 44.3 Å². The second-order valence-corrected chi connectivity index (χ2v) is 12.7. The van der Waals surface area contributed by atoms with Crippen LogP contribution in [0, 0.1) is 11.3 Å². The van der Waals surface area contributed by atoms with Gasteiger partial charge in [0.1, 0.15) is 0 Å². The average molecular weight is 539 g/mol. The van der Waals surface area contributed by atoms with Crippen LogP contribution >= 0.6 is 0 Å². The van der Waals surface area contributed by atoms with Crippen LogP contribution in [0.1, 0.15) is 90.7 Å². The molecule has 0 radical (unpaired) electrons. The molecule has 1 spiro atoms. The Kier molecular flexibility index (Phi) is 6.08. The SMILES string of the molecule is CC(C)(O)c1cc2c(cc1N1CCC(N3CCCC3)CC1)C1(CCOCC1)c1[nH]c3cc(C#N)ccc3c1C2=O. The summed E-state index contributed by atoms with van der Waals surface area (Å²) in [4.78, 5) is 23.0. The Hall–Kier alpha value is -3.18. The maximum atomic E-state index is 14.3. The summed E-state index contributed by atoms with van der Waals surface area (Å²) < 4.78 is 5.85. The summed E-state index contributed by atoms with van der Waals surface area (Å²) in [5.74, 6) is -0.0112. The van der Waals surface area contributed by atoms with Gasteiger partial charge in [-0.3, -0.25) is 4.79 Å². The Morgan fingerprint density at radius 1 is 1.07 bits per heavy atom. The van der Waals surface area contributed by atoms with E-state index in [1.807, 2.05) is 32.0 Å². The Morgan fingerprint density at radius 3 is 2.48 bits per heavy atom. The molecule has 3 aromatic rings. The number of aromatic amines is 1. The van der Waals surface area contributed by atoms with Crippen molar-refractivity contribution in [2.45, 2.75) is 69.4 Å². The van der Waals surface area contributed by atoms with Crippen molar-refractivity contribution < 1.29 is 14.6 Å². The molecule has 208 valence electrons. The number of H-pyrrole nitrogens is 1. The number of nitrogens with zero attached hydrogens (tertiary/aromatic N) is 3. The molecule has 2 aromatic carbocycles. The maximum absolute atomic E-state index is 14.3. The number of fused-ring (bicyclic) bond motifs is 6. The van der Waals surface area contributed by atoms with Gasteiger partial charge in [-0.1, -0.05) is 6.07 Å². The lowest BCUT2D eigenvalue weighted by Crippen LogP contribution is -2.45. The number of hydrogen-bond donors (Lipinski definition) is 2. The molecule has 4 aliphatic rings. The lowest BCUT2D eigenvalue weighted by Gasteiger charge is -2.44. The van der Waals surface area contributed by atoms with Gasteiger partial charge < -0.3 is 24.6 Å². The van der Waals surface area contributed by atoms with Crippen molar-refractivity contribution in [3.63, 3.8) is 0 Å². The van der Waals surface area contributed by atoms with Crippen molar-refractivity contribution in [1.82, 2.24) is 9.88 Å². The largest absolute Gasteiger partial charge is 0.386 e. The maximum Gasteiger partial charge on any atom is 0.195 e. The molecular formula is C33H38N4O3. The number of carbonyl (C=O) groups excluding carboxylic acids is 1. The zero-order chi connectivity index (χ0) is 27.6. The number of anilines is 1. The highest BCUT2D eigenvalue weighted by Crippen LogP contribution is 2.51. The van der Waals surface area contributed by atoms with Crippen molar-refractivity contribution in [2.24, 2.45) is 0 Å². The van der Waals surface area contributed by atoms with E-state index in [1.54, 1.807) is 6.07 Å². The second kappa shape index (κ2) is 9.44. The van der Waals surface area contributed by atoms with Crippen LogP contribution < -0.4 is 4.90 Å². The molecule has 0 unspecified atom stereocenters. The molecule has 2 N–H and O–H groups in total. The summed E-state index contributed by atoms with van der Waals surface area (Å²) >= 11 is 0. The molecule has 4 heterocycles. The zero-order valence-electron chi connectivity index (χ0n) is 23.6. The summed E-state index contributed by atoms with van der Waals surface area (Å²) in [6.45, 7) is 9.22. The molecule has 0 saturated carbocycles. The lowest BCUT2D eigenvalue weighted by molar-refractivity contribution is 0.0599. The molecule has 0 bridgehead atoms. The molecular weight excluding hydrogens is 500 g/mol. The molecule has 0 atom stereocenters. The van der Waals surface area contributed by atoms with Gasteiger partial charge in [-0.15, -0.1) is 0 Å². The Labute approximate surface area is 235 Å². The predicted molar refractivity (Wildman–Crippen MR) is 155 cm³/mol. The minimum absolute atomic E-state index is 0.0112. The molecule has 1 aliphatic carbocycles. The van der Waals surface area contributed by atoms with Gasteiger partial charge in [0.25, 0.3) is 0 Å². The minimum Gasteiger partial charge on any atom is -0.386 e. The van der Waals surface area contributed by atoms with E-state index in [1.165, 1.54) is 25.9 Å². The van der Waals surface area contributed by atoms with Gasteiger partial charge >= 0.3 is 0 Å². The molecule has 40 heavy (non-hydrogen) atoms. The number of carbonyl (C=O) groups is 1. The number of benzene rings is 2. The summed E-state index contributed by atoms with van der Waals surface area (Å²) in [6.07, 6.45) is 6.40. The number of ketones is 1. The average Bonchev–Trinajstić information content (AvgIpc) is 3.64. The highest BCUT2D eigenvalue weighted by molar-refractivity contribution is 6.20. The van der Waals surface area contributed by atoms with E-state index >= 15 is 0 Å².